The number of benzene rings is 1. The zero-order valence-electron chi connectivity index (χ0n) is 12.8. The van der Waals surface area contributed by atoms with Gasteiger partial charge in [0.1, 0.15) is 12.6 Å². The van der Waals surface area contributed by atoms with Crippen molar-refractivity contribution in [1.29, 1.82) is 0 Å². The normalized spacial score (nSPS) is 17.4. The molecule has 5 nitrogen and oxygen atoms in total. The molecular weight excluding hydrogens is 297 g/mol. The average Bonchev–Trinajstić information content (AvgIpc) is 2.87. The van der Waals surface area contributed by atoms with Crippen LogP contribution in [0.1, 0.15) is 12.1 Å². The fourth-order valence-corrected chi connectivity index (χ4v) is 2.50. The van der Waals surface area contributed by atoms with Gasteiger partial charge < -0.3 is 15.0 Å². The Morgan fingerprint density at radius 2 is 2.26 bits per heavy atom. The van der Waals surface area contributed by atoms with Gasteiger partial charge in [0.05, 0.1) is 5.69 Å². The van der Waals surface area contributed by atoms with E-state index in [4.69, 9.17) is 4.74 Å². The van der Waals surface area contributed by atoms with E-state index in [-0.39, 0.29) is 24.3 Å². The van der Waals surface area contributed by atoms with Crippen LogP contribution < -0.4 is 10.1 Å². The van der Waals surface area contributed by atoms with Gasteiger partial charge in [-0.2, -0.15) is 0 Å². The minimum Gasteiger partial charge on any atom is -0.484 e. The van der Waals surface area contributed by atoms with Crippen LogP contribution in [0.5, 0.6) is 5.75 Å². The molecule has 1 saturated heterocycles. The van der Waals surface area contributed by atoms with Crippen molar-refractivity contribution in [3.8, 4) is 5.75 Å². The van der Waals surface area contributed by atoms with Crippen molar-refractivity contribution >= 4 is 11.6 Å². The standard InChI is InChI=1S/C17H18FN3O2/c1-21-9-7-15(17(21)22)20-12-5-6-16(14(18)10-12)23-11-13-4-2-3-8-19-13/h2-6,8,10,15,20H,7,9,11H2,1H3. The summed E-state index contributed by atoms with van der Waals surface area (Å²) in [6, 6.07) is 9.80. The lowest BCUT2D eigenvalue weighted by Gasteiger charge is -2.14. The molecule has 0 saturated carbocycles. The van der Waals surface area contributed by atoms with Gasteiger partial charge in [0, 0.05) is 31.5 Å². The van der Waals surface area contributed by atoms with Gasteiger partial charge in [-0.25, -0.2) is 4.39 Å². The number of hydrogen-bond donors (Lipinski definition) is 1. The van der Waals surface area contributed by atoms with Crippen molar-refractivity contribution < 1.29 is 13.9 Å². The number of nitrogens with one attached hydrogen (secondary N) is 1. The Hall–Kier alpha value is -2.63. The molecule has 1 N–H and O–H groups in total. The Morgan fingerprint density at radius 1 is 1.39 bits per heavy atom. The highest BCUT2D eigenvalue weighted by Crippen LogP contribution is 2.24. The summed E-state index contributed by atoms with van der Waals surface area (Å²) in [5.74, 6) is -0.276. The Labute approximate surface area is 134 Å². The summed E-state index contributed by atoms with van der Waals surface area (Å²) in [5.41, 5.74) is 1.30. The number of likely N-dealkylation sites (tertiary alicyclic amines) is 1. The van der Waals surface area contributed by atoms with Gasteiger partial charge in [0.25, 0.3) is 0 Å². The Morgan fingerprint density at radius 3 is 2.91 bits per heavy atom. The molecule has 1 fully saturated rings. The van der Waals surface area contributed by atoms with Crippen LogP contribution in [0.2, 0.25) is 0 Å². The maximum Gasteiger partial charge on any atom is 0.244 e. The lowest BCUT2D eigenvalue weighted by atomic mass is 10.2. The zero-order valence-corrected chi connectivity index (χ0v) is 12.8. The Kier molecular flexibility index (Phi) is 4.41. The third kappa shape index (κ3) is 3.59. The summed E-state index contributed by atoms with van der Waals surface area (Å²) in [6.45, 7) is 0.917. The molecule has 6 heteroatoms. The molecule has 0 spiro atoms. The molecule has 0 radical (unpaired) electrons. The number of ether oxygens (including phenoxy) is 1. The van der Waals surface area contributed by atoms with Gasteiger partial charge >= 0.3 is 0 Å². The van der Waals surface area contributed by atoms with Crippen LogP contribution in [0, 0.1) is 5.82 Å². The highest BCUT2D eigenvalue weighted by Gasteiger charge is 2.28. The molecular formula is C17H18FN3O2. The average molecular weight is 315 g/mol. The van der Waals surface area contributed by atoms with Gasteiger partial charge in [-0.1, -0.05) is 6.07 Å². The van der Waals surface area contributed by atoms with Crippen LogP contribution in [0.25, 0.3) is 0 Å². The molecule has 1 atom stereocenters. The van der Waals surface area contributed by atoms with Crippen LogP contribution in [-0.4, -0.2) is 35.4 Å². The van der Waals surface area contributed by atoms with Crippen molar-refractivity contribution in [3.63, 3.8) is 0 Å². The zero-order chi connectivity index (χ0) is 16.2. The van der Waals surface area contributed by atoms with Gasteiger partial charge in [-0.3, -0.25) is 9.78 Å². The second-order valence-electron chi connectivity index (χ2n) is 5.50. The molecule has 1 amide bonds. The van der Waals surface area contributed by atoms with Crippen LogP contribution >= 0.6 is 0 Å². The number of aromatic nitrogens is 1. The fraction of sp³-hybridized carbons (Fsp3) is 0.294. The first-order valence-electron chi connectivity index (χ1n) is 7.47. The fourth-order valence-electron chi connectivity index (χ4n) is 2.50. The minimum absolute atomic E-state index is 0.0286. The number of halogens is 1. The smallest absolute Gasteiger partial charge is 0.244 e. The summed E-state index contributed by atoms with van der Waals surface area (Å²) in [6.07, 6.45) is 2.38. The molecule has 120 valence electrons. The van der Waals surface area contributed by atoms with Crippen molar-refractivity contribution in [2.24, 2.45) is 0 Å². The molecule has 1 aromatic carbocycles. The Bertz CT molecular complexity index is 693. The lowest BCUT2D eigenvalue weighted by molar-refractivity contribution is -0.127. The predicted octanol–water partition coefficient (Wildman–Crippen LogP) is 2.44. The molecule has 3 rings (SSSR count). The van der Waals surface area contributed by atoms with Crippen molar-refractivity contribution in [2.45, 2.75) is 19.1 Å². The maximum absolute atomic E-state index is 14.1. The molecule has 2 aromatic rings. The maximum atomic E-state index is 14.1. The monoisotopic (exact) mass is 315 g/mol. The lowest BCUT2D eigenvalue weighted by Crippen LogP contribution is -2.30. The van der Waals surface area contributed by atoms with E-state index in [1.54, 1.807) is 30.3 Å². The number of nitrogens with zero attached hydrogens (tertiary/aromatic N) is 2. The van der Waals surface area contributed by atoms with Crippen molar-refractivity contribution in [2.75, 3.05) is 18.9 Å². The highest BCUT2D eigenvalue weighted by atomic mass is 19.1. The highest BCUT2D eigenvalue weighted by molar-refractivity contribution is 5.86. The molecule has 0 aliphatic carbocycles. The molecule has 1 aliphatic heterocycles. The first kappa shape index (κ1) is 15.3. The first-order chi connectivity index (χ1) is 11.1. The summed E-state index contributed by atoms with van der Waals surface area (Å²) >= 11 is 0. The van der Waals surface area contributed by atoms with Gasteiger partial charge in [0.15, 0.2) is 11.6 Å². The van der Waals surface area contributed by atoms with Crippen molar-refractivity contribution in [1.82, 2.24) is 9.88 Å². The van der Waals surface area contributed by atoms with Crippen LogP contribution in [0.3, 0.4) is 0 Å². The third-order valence-electron chi connectivity index (χ3n) is 3.80. The summed E-state index contributed by atoms with van der Waals surface area (Å²) in [7, 11) is 1.76. The van der Waals surface area contributed by atoms with Gasteiger partial charge in [-0.15, -0.1) is 0 Å². The van der Waals surface area contributed by atoms with E-state index in [1.165, 1.54) is 6.07 Å². The molecule has 0 bridgehead atoms. The second kappa shape index (κ2) is 6.64. The van der Waals surface area contributed by atoms with Crippen LogP contribution in [-0.2, 0) is 11.4 Å². The summed E-state index contributed by atoms with van der Waals surface area (Å²) in [4.78, 5) is 17.6. The SMILES string of the molecule is CN1CCC(Nc2ccc(OCc3ccccn3)c(F)c2)C1=O. The van der Waals surface area contributed by atoms with E-state index in [0.29, 0.717) is 12.2 Å². The summed E-state index contributed by atoms with van der Waals surface area (Å²) < 4.78 is 19.6. The molecule has 1 aliphatic rings. The second-order valence-corrected chi connectivity index (χ2v) is 5.50. The van der Waals surface area contributed by atoms with Gasteiger partial charge in [0.2, 0.25) is 5.91 Å². The van der Waals surface area contributed by atoms with E-state index in [1.807, 2.05) is 18.2 Å². The van der Waals surface area contributed by atoms with E-state index in [0.717, 1.165) is 12.1 Å². The van der Waals surface area contributed by atoms with E-state index in [2.05, 4.69) is 10.3 Å². The number of hydrogen-bond acceptors (Lipinski definition) is 4. The topological polar surface area (TPSA) is 54.5 Å². The van der Waals surface area contributed by atoms with Gasteiger partial charge in [-0.05, 0) is 30.7 Å². The quantitative estimate of drug-likeness (QED) is 0.921. The molecule has 23 heavy (non-hydrogen) atoms. The van der Waals surface area contributed by atoms with Crippen molar-refractivity contribution in [3.05, 3.63) is 54.1 Å². The molecule has 1 unspecified atom stereocenters. The van der Waals surface area contributed by atoms with Crippen LogP contribution in [0.15, 0.2) is 42.6 Å². The minimum atomic E-state index is -0.468. The number of rotatable bonds is 5. The largest absolute Gasteiger partial charge is 0.484 e. The first-order valence-corrected chi connectivity index (χ1v) is 7.47. The molecule has 2 heterocycles. The summed E-state index contributed by atoms with van der Waals surface area (Å²) in [5, 5.41) is 3.06. The predicted molar refractivity (Wildman–Crippen MR) is 84.6 cm³/mol. The van der Waals surface area contributed by atoms with E-state index < -0.39 is 5.82 Å². The Balaban J connectivity index is 1.63. The number of carbonyl (C=O) groups excluding carboxylic acids is 1. The van der Waals surface area contributed by atoms with Crippen LogP contribution in [0.4, 0.5) is 10.1 Å². The number of carbonyl (C=O) groups is 1. The third-order valence-corrected chi connectivity index (χ3v) is 3.80. The number of anilines is 1. The van der Waals surface area contributed by atoms with E-state index in [9.17, 15) is 9.18 Å². The van der Waals surface area contributed by atoms with E-state index >= 15 is 0 Å². The number of amides is 1. The number of likely N-dealkylation sites (N-methyl/N-ethyl adjacent to an activating group) is 1. The molecule has 1 aromatic heterocycles. The number of pyridine rings is 1.